The van der Waals surface area contributed by atoms with Crippen LogP contribution in [0.15, 0.2) is 0 Å². The summed E-state index contributed by atoms with van der Waals surface area (Å²) < 4.78 is 5.72. The highest BCUT2D eigenvalue weighted by Crippen LogP contribution is 2.39. The molecule has 0 aromatic rings. The fraction of sp³-hybridized carbons (Fsp3) is 1.00. The zero-order valence-corrected chi connectivity index (χ0v) is 7.38. The van der Waals surface area contributed by atoms with Crippen LogP contribution in [0.25, 0.3) is 0 Å². The second kappa shape index (κ2) is 3.14. The van der Waals surface area contributed by atoms with Crippen molar-refractivity contribution in [3.05, 3.63) is 0 Å². The minimum atomic E-state index is 0.546. The highest BCUT2D eigenvalue weighted by atomic mass is 16.5. The Morgan fingerprint density at radius 3 is 2.82 bits per heavy atom. The van der Waals surface area contributed by atoms with E-state index >= 15 is 0 Å². The van der Waals surface area contributed by atoms with Crippen molar-refractivity contribution in [2.45, 2.75) is 45.1 Å². The van der Waals surface area contributed by atoms with Gasteiger partial charge in [0.15, 0.2) is 0 Å². The molecule has 1 nitrogen and oxygen atoms in total. The lowest BCUT2D eigenvalue weighted by Crippen LogP contribution is -2.21. The average Bonchev–Trinajstić information content (AvgIpc) is 2.40. The maximum Gasteiger partial charge on any atom is 0.0577 e. The first-order valence-electron chi connectivity index (χ1n) is 4.99. The molecule has 3 unspecified atom stereocenters. The highest BCUT2D eigenvalue weighted by Gasteiger charge is 2.33. The van der Waals surface area contributed by atoms with E-state index in [1.54, 1.807) is 0 Å². The molecule has 3 atom stereocenters. The first-order valence-corrected chi connectivity index (χ1v) is 4.99. The van der Waals surface area contributed by atoms with E-state index in [0.717, 1.165) is 18.4 Å². The van der Waals surface area contributed by atoms with E-state index in [9.17, 15) is 0 Å². The smallest absolute Gasteiger partial charge is 0.0577 e. The first kappa shape index (κ1) is 7.60. The third-order valence-electron chi connectivity index (χ3n) is 3.42. The topological polar surface area (TPSA) is 9.23 Å². The monoisotopic (exact) mass is 154 g/mol. The molecule has 1 aliphatic carbocycles. The van der Waals surface area contributed by atoms with Crippen molar-refractivity contribution in [2.24, 2.45) is 11.8 Å². The second-order valence-electron chi connectivity index (χ2n) is 4.07. The van der Waals surface area contributed by atoms with Gasteiger partial charge >= 0.3 is 0 Å². The molecule has 1 saturated heterocycles. The van der Waals surface area contributed by atoms with Gasteiger partial charge in [-0.2, -0.15) is 0 Å². The molecule has 1 saturated carbocycles. The Morgan fingerprint density at radius 2 is 1.91 bits per heavy atom. The fourth-order valence-corrected chi connectivity index (χ4v) is 2.78. The molecule has 1 heterocycles. The van der Waals surface area contributed by atoms with Gasteiger partial charge in [-0.25, -0.2) is 0 Å². The molecule has 2 aliphatic rings. The maximum atomic E-state index is 5.72. The van der Waals surface area contributed by atoms with Crippen LogP contribution in [0.1, 0.15) is 39.0 Å². The molecular weight excluding hydrogens is 136 g/mol. The predicted octanol–water partition coefficient (Wildman–Crippen LogP) is 2.60. The van der Waals surface area contributed by atoms with E-state index in [0.29, 0.717) is 6.10 Å². The fourth-order valence-electron chi connectivity index (χ4n) is 2.78. The largest absolute Gasteiger partial charge is 0.378 e. The molecule has 0 aromatic heterocycles. The van der Waals surface area contributed by atoms with Crippen LogP contribution in [-0.4, -0.2) is 12.7 Å². The molecule has 1 heteroatoms. The summed E-state index contributed by atoms with van der Waals surface area (Å²) in [6.45, 7) is 3.27. The highest BCUT2D eigenvalue weighted by molar-refractivity contribution is 4.83. The van der Waals surface area contributed by atoms with Gasteiger partial charge in [0.1, 0.15) is 0 Å². The zero-order chi connectivity index (χ0) is 7.68. The number of fused-ring (bicyclic) bond motifs is 1. The summed E-state index contributed by atoms with van der Waals surface area (Å²) in [4.78, 5) is 0. The van der Waals surface area contributed by atoms with Crippen LogP contribution in [-0.2, 0) is 4.74 Å². The third kappa shape index (κ3) is 1.44. The number of hydrogen-bond donors (Lipinski definition) is 0. The lowest BCUT2D eigenvalue weighted by molar-refractivity contribution is 0.0335. The van der Waals surface area contributed by atoms with Crippen LogP contribution < -0.4 is 0 Å². The molecular formula is C10H18O. The van der Waals surface area contributed by atoms with Crippen LogP contribution >= 0.6 is 0 Å². The summed E-state index contributed by atoms with van der Waals surface area (Å²) in [7, 11) is 0. The van der Waals surface area contributed by atoms with E-state index in [4.69, 9.17) is 4.74 Å². The van der Waals surface area contributed by atoms with Crippen molar-refractivity contribution in [1.82, 2.24) is 0 Å². The van der Waals surface area contributed by atoms with Gasteiger partial charge in [-0.15, -0.1) is 0 Å². The average molecular weight is 154 g/mol. The maximum absolute atomic E-state index is 5.72. The first-order chi connectivity index (χ1) is 5.38. The van der Waals surface area contributed by atoms with Crippen molar-refractivity contribution >= 4 is 0 Å². The van der Waals surface area contributed by atoms with Gasteiger partial charge < -0.3 is 4.74 Å². The van der Waals surface area contributed by atoms with Crippen LogP contribution in [0.4, 0.5) is 0 Å². The van der Waals surface area contributed by atoms with E-state index in [1.165, 1.54) is 32.1 Å². The van der Waals surface area contributed by atoms with Gasteiger partial charge in [0.25, 0.3) is 0 Å². The molecule has 0 N–H and O–H groups in total. The lowest BCUT2D eigenvalue weighted by Gasteiger charge is -2.21. The van der Waals surface area contributed by atoms with Crippen molar-refractivity contribution in [3.8, 4) is 0 Å². The van der Waals surface area contributed by atoms with Crippen molar-refractivity contribution < 1.29 is 4.74 Å². The van der Waals surface area contributed by atoms with Gasteiger partial charge in [-0.1, -0.05) is 12.8 Å². The Hall–Kier alpha value is -0.0400. The van der Waals surface area contributed by atoms with Crippen molar-refractivity contribution in [3.63, 3.8) is 0 Å². The van der Waals surface area contributed by atoms with Crippen LogP contribution in [0.3, 0.4) is 0 Å². The van der Waals surface area contributed by atoms with E-state index in [2.05, 4.69) is 6.92 Å². The Bertz CT molecular complexity index is 133. The van der Waals surface area contributed by atoms with Gasteiger partial charge in [-0.3, -0.25) is 0 Å². The molecule has 64 valence electrons. The van der Waals surface area contributed by atoms with Crippen LogP contribution in [0, 0.1) is 11.8 Å². The molecule has 11 heavy (non-hydrogen) atoms. The summed E-state index contributed by atoms with van der Waals surface area (Å²) in [6.07, 6.45) is 7.61. The number of hydrogen-bond acceptors (Lipinski definition) is 1. The SMILES string of the molecule is CC1OCCCC2CCCC21. The van der Waals surface area contributed by atoms with Gasteiger partial charge in [0.2, 0.25) is 0 Å². The number of rotatable bonds is 0. The van der Waals surface area contributed by atoms with E-state index < -0.39 is 0 Å². The molecule has 0 spiro atoms. The molecule has 0 aromatic carbocycles. The molecule has 2 rings (SSSR count). The lowest BCUT2D eigenvalue weighted by atomic mass is 9.89. The third-order valence-corrected chi connectivity index (χ3v) is 3.42. The molecule has 0 radical (unpaired) electrons. The normalized spacial score (nSPS) is 45.0. The van der Waals surface area contributed by atoms with Crippen LogP contribution in [0.5, 0.6) is 0 Å². The zero-order valence-electron chi connectivity index (χ0n) is 7.38. The molecule has 0 amide bonds. The Labute approximate surface area is 69.1 Å². The Balaban J connectivity index is 2.03. The molecule has 1 aliphatic heterocycles. The van der Waals surface area contributed by atoms with Gasteiger partial charge in [0.05, 0.1) is 6.10 Å². The van der Waals surface area contributed by atoms with Gasteiger partial charge in [-0.05, 0) is 38.0 Å². The summed E-state index contributed by atoms with van der Waals surface area (Å²) in [5.41, 5.74) is 0. The second-order valence-corrected chi connectivity index (χ2v) is 4.07. The van der Waals surface area contributed by atoms with Gasteiger partial charge in [0, 0.05) is 6.61 Å². The minimum absolute atomic E-state index is 0.546. The minimum Gasteiger partial charge on any atom is -0.378 e. The summed E-state index contributed by atoms with van der Waals surface area (Å²) >= 11 is 0. The van der Waals surface area contributed by atoms with Crippen LogP contribution in [0.2, 0.25) is 0 Å². The Kier molecular flexibility index (Phi) is 2.17. The summed E-state index contributed by atoms with van der Waals surface area (Å²) in [5.74, 6) is 1.91. The Morgan fingerprint density at radius 1 is 1.09 bits per heavy atom. The van der Waals surface area contributed by atoms with Crippen molar-refractivity contribution in [1.29, 1.82) is 0 Å². The summed E-state index contributed by atoms with van der Waals surface area (Å²) in [6, 6.07) is 0. The summed E-state index contributed by atoms with van der Waals surface area (Å²) in [5, 5.41) is 0. The molecule has 2 fully saturated rings. The molecule has 0 bridgehead atoms. The van der Waals surface area contributed by atoms with E-state index in [1.807, 2.05) is 0 Å². The quantitative estimate of drug-likeness (QED) is 0.521. The van der Waals surface area contributed by atoms with E-state index in [-0.39, 0.29) is 0 Å². The predicted molar refractivity (Wildman–Crippen MR) is 45.5 cm³/mol. The van der Waals surface area contributed by atoms with Crippen molar-refractivity contribution in [2.75, 3.05) is 6.61 Å². The standard InChI is InChI=1S/C10H18O/c1-8-10-6-2-4-9(10)5-3-7-11-8/h8-10H,2-7H2,1H3. The number of ether oxygens (including phenoxy) is 1.